The van der Waals surface area contributed by atoms with Crippen LogP contribution in [0.25, 0.3) is 0 Å². The minimum absolute atomic E-state index is 0. The van der Waals surface area contributed by atoms with Gasteiger partial charge in [0.2, 0.25) is 0 Å². The van der Waals surface area contributed by atoms with Gasteiger partial charge in [-0.2, -0.15) is 0 Å². The van der Waals surface area contributed by atoms with Crippen LogP contribution in [0, 0.1) is 0 Å². The second-order valence-electron chi connectivity index (χ2n) is 1.84. The third-order valence-corrected chi connectivity index (χ3v) is 1.15. The van der Waals surface area contributed by atoms with E-state index in [1.165, 1.54) is 0 Å². The Kier molecular flexibility index (Phi) is 6.94. The lowest BCUT2D eigenvalue weighted by Crippen LogP contribution is -2.15. The number of allylic oxidation sites excluding steroid dienone is 2. The van der Waals surface area contributed by atoms with E-state index in [0.717, 1.165) is 0 Å². The Morgan fingerprint density at radius 1 is 1.50 bits per heavy atom. The van der Waals surface area contributed by atoms with Gasteiger partial charge < -0.3 is 4.90 Å². The highest BCUT2D eigenvalue weighted by Crippen LogP contribution is 2.01. The van der Waals surface area contributed by atoms with Crippen molar-refractivity contribution in [2.24, 2.45) is 0 Å². The molecule has 0 aromatic carbocycles. The van der Waals surface area contributed by atoms with Crippen molar-refractivity contribution in [3.63, 3.8) is 0 Å². The molecule has 0 aliphatic rings. The Balaban J connectivity index is 0. The van der Waals surface area contributed by atoms with E-state index >= 15 is 0 Å². The molecule has 0 fully saturated rings. The molecule has 0 radical (unpaired) electrons. The molecule has 0 N–H and O–H groups in total. The summed E-state index contributed by atoms with van der Waals surface area (Å²) in [6, 6.07) is 0. The Morgan fingerprint density at radius 2 is 1.90 bits per heavy atom. The zero-order valence-electron chi connectivity index (χ0n) is 6.22. The van der Waals surface area contributed by atoms with Gasteiger partial charge in [-0.1, -0.05) is 6.08 Å². The summed E-state index contributed by atoms with van der Waals surface area (Å²) in [5.41, 5.74) is 0.525. The molecule has 60 valence electrons. The molecule has 0 heterocycles. The van der Waals surface area contributed by atoms with Gasteiger partial charge in [-0.05, 0) is 18.5 Å². The van der Waals surface area contributed by atoms with Crippen LogP contribution in [-0.4, -0.2) is 24.2 Å². The molecule has 0 spiro atoms. The van der Waals surface area contributed by atoms with Crippen molar-refractivity contribution in [2.75, 3.05) is 14.1 Å². The third kappa shape index (κ3) is 3.75. The molecule has 0 atom stereocenters. The predicted molar refractivity (Wildman–Crippen MR) is 45.6 cm³/mol. The minimum Gasteiger partial charge on any atom is -0.374 e. The van der Waals surface area contributed by atoms with Crippen LogP contribution in [0.5, 0.6) is 0 Å². The first-order chi connectivity index (χ1) is 4.09. The third-order valence-electron chi connectivity index (χ3n) is 0.957. The van der Waals surface area contributed by atoms with Gasteiger partial charge >= 0.3 is 0 Å². The summed E-state index contributed by atoms with van der Waals surface area (Å²) in [6.07, 6.45) is 1.68. The normalized spacial score (nSPS) is 10.2. The second kappa shape index (κ2) is 5.57. The van der Waals surface area contributed by atoms with Crippen molar-refractivity contribution in [1.82, 2.24) is 4.90 Å². The molecule has 0 amide bonds. The quantitative estimate of drug-likeness (QED) is 0.480. The molecule has 0 bridgehead atoms. The van der Waals surface area contributed by atoms with Crippen molar-refractivity contribution in [1.29, 1.82) is 0 Å². The molecule has 0 saturated carbocycles. The van der Waals surface area contributed by atoms with Crippen molar-refractivity contribution in [3.8, 4) is 0 Å². The van der Waals surface area contributed by atoms with Gasteiger partial charge in [-0.15, -0.1) is 12.4 Å². The van der Waals surface area contributed by atoms with E-state index in [1.54, 1.807) is 32.0 Å². The lowest BCUT2D eigenvalue weighted by Gasteiger charge is -2.11. The second-order valence-corrected chi connectivity index (χ2v) is 2.19. The molecule has 2 nitrogen and oxygen atoms in total. The molecule has 0 rings (SSSR count). The Labute approximate surface area is 72.3 Å². The zero-order chi connectivity index (χ0) is 7.44. The number of carbonyl (C=O) groups is 1. The fraction of sp³-hybridized carbons (Fsp3) is 0.500. The van der Waals surface area contributed by atoms with Crippen LogP contribution in [0.3, 0.4) is 0 Å². The number of likely N-dealkylation sites (N-methyl/N-ethyl adjacent to an activating group) is 1. The monoisotopic (exact) mass is 183 g/mol. The topological polar surface area (TPSA) is 20.3 Å². The van der Waals surface area contributed by atoms with E-state index in [-0.39, 0.29) is 12.4 Å². The van der Waals surface area contributed by atoms with Crippen LogP contribution in [0.1, 0.15) is 6.92 Å². The first kappa shape index (κ1) is 12.5. The van der Waals surface area contributed by atoms with E-state index in [0.29, 0.717) is 5.70 Å². The molecule has 0 aliphatic carbocycles. The van der Waals surface area contributed by atoms with Crippen LogP contribution >= 0.6 is 24.0 Å². The highest BCUT2D eigenvalue weighted by molar-refractivity contribution is 6.67. The van der Waals surface area contributed by atoms with Gasteiger partial charge in [-0.25, -0.2) is 0 Å². The first-order valence-electron chi connectivity index (χ1n) is 2.63. The highest BCUT2D eigenvalue weighted by Gasteiger charge is 2.04. The van der Waals surface area contributed by atoms with Gasteiger partial charge in [0.05, 0.1) is 5.70 Å². The summed E-state index contributed by atoms with van der Waals surface area (Å²) in [6.45, 7) is 1.77. The fourth-order valence-electron chi connectivity index (χ4n) is 0.547. The van der Waals surface area contributed by atoms with E-state index in [2.05, 4.69) is 0 Å². The van der Waals surface area contributed by atoms with Gasteiger partial charge in [-0.3, -0.25) is 4.79 Å². The molecule has 0 aromatic heterocycles. The average Bonchev–Trinajstić information content (AvgIpc) is 1.64. The average molecular weight is 184 g/mol. The molecule has 0 aromatic rings. The van der Waals surface area contributed by atoms with Crippen LogP contribution < -0.4 is 0 Å². The molecule has 0 aliphatic heterocycles. The van der Waals surface area contributed by atoms with Gasteiger partial charge in [0.25, 0.3) is 5.24 Å². The molecule has 10 heavy (non-hydrogen) atoms. The lowest BCUT2D eigenvalue weighted by molar-refractivity contribution is -0.109. The van der Waals surface area contributed by atoms with E-state index < -0.39 is 5.24 Å². The van der Waals surface area contributed by atoms with E-state index in [4.69, 9.17) is 11.6 Å². The highest BCUT2D eigenvalue weighted by atomic mass is 35.5. The summed E-state index contributed by atoms with van der Waals surface area (Å²) in [7, 11) is 3.55. The predicted octanol–water partition coefficient (Wildman–Crippen LogP) is 1.64. The van der Waals surface area contributed by atoms with Crippen LogP contribution in [0.15, 0.2) is 11.8 Å². The van der Waals surface area contributed by atoms with Crippen molar-refractivity contribution in [2.45, 2.75) is 6.92 Å². The maximum atomic E-state index is 10.5. The maximum Gasteiger partial charge on any atom is 0.268 e. The molecular weight excluding hydrogens is 173 g/mol. The molecular formula is C6H11Cl2NO. The first-order valence-corrected chi connectivity index (χ1v) is 3.01. The zero-order valence-corrected chi connectivity index (χ0v) is 7.79. The summed E-state index contributed by atoms with van der Waals surface area (Å²) >= 11 is 5.19. The Bertz CT molecular complexity index is 143. The number of hydrogen-bond donors (Lipinski definition) is 0. The smallest absolute Gasteiger partial charge is 0.268 e. The SMILES string of the molecule is CC=C(C(=O)Cl)N(C)C.Cl. The Morgan fingerprint density at radius 3 is 1.90 bits per heavy atom. The number of hydrogen-bond acceptors (Lipinski definition) is 2. The summed E-state index contributed by atoms with van der Waals surface area (Å²) in [5, 5.41) is -0.414. The standard InChI is InChI=1S/C6H10ClNO.ClH/c1-4-5(6(7)9)8(2)3;/h4H,1-3H3;1H. The minimum atomic E-state index is -0.414. The van der Waals surface area contributed by atoms with Crippen LogP contribution in [0.2, 0.25) is 0 Å². The molecule has 0 saturated heterocycles. The lowest BCUT2D eigenvalue weighted by atomic mass is 10.4. The van der Waals surface area contributed by atoms with Crippen molar-refractivity contribution >= 4 is 29.3 Å². The molecule has 4 heteroatoms. The van der Waals surface area contributed by atoms with E-state index in [9.17, 15) is 4.79 Å². The van der Waals surface area contributed by atoms with Gasteiger partial charge in [0.1, 0.15) is 0 Å². The van der Waals surface area contributed by atoms with Crippen LogP contribution in [0.4, 0.5) is 0 Å². The number of carbonyl (C=O) groups excluding carboxylic acids is 1. The summed E-state index contributed by atoms with van der Waals surface area (Å²) in [5.74, 6) is 0. The number of rotatable bonds is 2. The molecule has 0 unspecified atom stereocenters. The summed E-state index contributed by atoms with van der Waals surface area (Å²) in [4.78, 5) is 12.1. The van der Waals surface area contributed by atoms with Crippen molar-refractivity contribution < 1.29 is 4.79 Å². The van der Waals surface area contributed by atoms with Gasteiger partial charge in [0.15, 0.2) is 0 Å². The van der Waals surface area contributed by atoms with Crippen LogP contribution in [-0.2, 0) is 4.79 Å². The number of halogens is 2. The largest absolute Gasteiger partial charge is 0.374 e. The van der Waals surface area contributed by atoms with Crippen molar-refractivity contribution in [3.05, 3.63) is 11.8 Å². The summed E-state index contributed by atoms with van der Waals surface area (Å²) < 4.78 is 0. The van der Waals surface area contributed by atoms with E-state index in [1.807, 2.05) is 0 Å². The fourth-order valence-corrected chi connectivity index (χ4v) is 0.826. The number of nitrogens with zero attached hydrogens (tertiary/aromatic N) is 1. The maximum absolute atomic E-state index is 10.5. The van der Waals surface area contributed by atoms with Gasteiger partial charge in [0, 0.05) is 14.1 Å². The Hall–Kier alpha value is -0.210.